The summed E-state index contributed by atoms with van der Waals surface area (Å²) in [6.07, 6.45) is 2.49. The normalized spacial score (nSPS) is 19.7. The molecule has 1 saturated heterocycles. The van der Waals surface area contributed by atoms with E-state index in [1.165, 1.54) is 30.0 Å². The molecule has 0 bridgehead atoms. The second-order valence-electron chi connectivity index (χ2n) is 8.24. The van der Waals surface area contributed by atoms with E-state index in [4.69, 9.17) is 12.2 Å². The first-order chi connectivity index (χ1) is 14.1. The van der Waals surface area contributed by atoms with Crippen molar-refractivity contribution < 1.29 is 0 Å². The van der Waals surface area contributed by atoms with Gasteiger partial charge >= 0.3 is 0 Å². The van der Waals surface area contributed by atoms with Crippen LogP contribution in [0.25, 0.3) is 0 Å². The van der Waals surface area contributed by atoms with E-state index in [0.717, 1.165) is 42.8 Å². The first kappa shape index (κ1) is 22.1. The Morgan fingerprint density at radius 3 is 2.41 bits per heavy atom. The summed E-state index contributed by atoms with van der Waals surface area (Å²) in [4.78, 5) is 3.90. The van der Waals surface area contributed by atoms with Gasteiger partial charge < -0.3 is 15.5 Å². The predicted octanol–water partition coefficient (Wildman–Crippen LogP) is 5.63. The summed E-state index contributed by atoms with van der Waals surface area (Å²) in [6, 6.07) is 19.0. The van der Waals surface area contributed by atoms with Crippen LogP contribution in [-0.4, -0.2) is 36.2 Å². The van der Waals surface area contributed by atoms with Crippen molar-refractivity contribution in [3.8, 4) is 0 Å². The lowest BCUT2D eigenvalue weighted by Gasteiger charge is -2.34. The Morgan fingerprint density at radius 2 is 1.72 bits per heavy atom. The van der Waals surface area contributed by atoms with Crippen molar-refractivity contribution in [2.24, 2.45) is 11.8 Å². The quantitative estimate of drug-likeness (QED) is 0.323. The number of hydrogen-bond acceptors (Lipinski definition) is 3. The third-order valence-corrected chi connectivity index (χ3v) is 6.57. The lowest BCUT2D eigenvalue weighted by atomic mass is 9.92. The van der Waals surface area contributed by atoms with E-state index in [-0.39, 0.29) is 0 Å². The summed E-state index contributed by atoms with van der Waals surface area (Å²) < 4.78 is 0. The van der Waals surface area contributed by atoms with Gasteiger partial charge in [-0.2, -0.15) is 0 Å². The predicted molar refractivity (Wildman–Crippen MR) is 131 cm³/mol. The number of piperidine rings is 1. The fraction of sp³-hybridized carbons (Fsp3) is 0.458. The van der Waals surface area contributed by atoms with E-state index in [1.807, 2.05) is 11.8 Å². The molecule has 2 atom stereocenters. The molecule has 1 heterocycles. The number of nitrogens with zero attached hydrogens (tertiary/aromatic N) is 1. The number of nitrogens with one attached hydrogen (secondary N) is 2. The number of thiocarbonyl (C=S) groups is 1. The summed E-state index contributed by atoms with van der Waals surface area (Å²) in [7, 11) is 0. The van der Waals surface area contributed by atoms with E-state index in [9.17, 15) is 0 Å². The van der Waals surface area contributed by atoms with E-state index < -0.39 is 0 Å². The highest BCUT2D eigenvalue weighted by molar-refractivity contribution is 7.98. The minimum absolute atomic E-state index is 0.705. The van der Waals surface area contributed by atoms with Crippen LogP contribution in [0.1, 0.15) is 32.3 Å². The summed E-state index contributed by atoms with van der Waals surface area (Å²) in [5.74, 6) is 2.62. The van der Waals surface area contributed by atoms with Crippen LogP contribution in [0, 0.1) is 11.8 Å². The molecule has 0 spiro atoms. The number of anilines is 1. The maximum atomic E-state index is 5.45. The molecular formula is C24H33N3S2. The minimum atomic E-state index is 0.705. The second kappa shape index (κ2) is 11.6. The van der Waals surface area contributed by atoms with Gasteiger partial charge in [-0.15, -0.1) is 11.8 Å². The fourth-order valence-electron chi connectivity index (χ4n) is 4.02. The Balaban J connectivity index is 1.33. The molecule has 3 nitrogen and oxygen atoms in total. The van der Waals surface area contributed by atoms with Crippen LogP contribution in [-0.2, 0) is 5.75 Å². The summed E-state index contributed by atoms with van der Waals surface area (Å²) in [6.45, 7) is 9.27. The van der Waals surface area contributed by atoms with Gasteiger partial charge in [0.15, 0.2) is 5.11 Å². The van der Waals surface area contributed by atoms with Crippen molar-refractivity contribution in [2.45, 2.75) is 37.3 Å². The average molecular weight is 428 g/mol. The van der Waals surface area contributed by atoms with Crippen molar-refractivity contribution >= 4 is 34.8 Å². The highest BCUT2D eigenvalue weighted by atomic mass is 32.2. The molecule has 0 aliphatic carbocycles. The molecule has 0 radical (unpaired) electrons. The van der Waals surface area contributed by atoms with Gasteiger partial charge in [-0.1, -0.05) is 44.2 Å². The van der Waals surface area contributed by atoms with Crippen molar-refractivity contribution in [2.75, 3.05) is 31.5 Å². The fourth-order valence-corrected chi connectivity index (χ4v) is 5.12. The van der Waals surface area contributed by atoms with Gasteiger partial charge in [-0.25, -0.2) is 0 Å². The van der Waals surface area contributed by atoms with E-state index in [0.29, 0.717) is 5.11 Å². The van der Waals surface area contributed by atoms with Crippen molar-refractivity contribution in [3.63, 3.8) is 0 Å². The Morgan fingerprint density at radius 1 is 1.03 bits per heavy atom. The third kappa shape index (κ3) is 8.00. The van der Waals surface area contributed by atoms with Crippen LogP contribution in [0.2, 0.25) is 0 Å². The summed E-state index contributed by atoms with van der Waals surface area (Å²) in [5, 5.41) is 7.34. The van der Waals surface area contributed by atoms with Crippen molar-refractivity contribution in [1.82, 2.24) is 10.2 Å². The monoisotopic (exact) mass is 427 g/mol. The van der Waals surface area contributed by atoms with Gasteiger partial charge in [-0.05, 0) is 73.3 Å². The number of hydrogen-bond donors (Lipinski definition) is 2. The van der Waals surface area contributed by atoms with Gasteiger partial charge in [-0.3, -0.25) is 0 Å². The van der Waals surface area contributed by atoms with E-state index >= 15 is 0 Å². The Labute approximate surface area is 185 Å². The van der Waals surface area contributed by atoms with Gasteiger partial charge in [0.1, 0.15) is 0 Å². The molecule has 1 aliphatic heterocycles. The molecule has 2 unspecified atom stereocenters. The number of rotatable bonds is 8. The molecule has 2 N–H and O–H groups in total. The van der Waals surface area contributed by atoms with Crippen LogP contribution in [0.4, 0.5) is 5.69 Å². The first-order valence-electron chi connectivity index (χ1n) is 10.6. The van der Waals surface area contributed by atoms with Gasteiger partial charge in [0, 0.05) is 36.0 Å². The molecule has 156 valence electrons. The van der Waals surface area contributed by atoms with Gasteiger partial charge in [0.25, 0.3) is 0 Å². The number of benzene rings is 2. The summed E-state index contributed by atoms with van der Waals surface area (Å²) >= 11 is 7.31. The Kier molecular flexibility index (Phi) is 8.84. The molecule has 0 amide bonds. The molecule has 0 aromatic heterocycles. The van der Waals surface area contributed by atoms with Crippen molar-refractivity contribution in [3.05, 3.63) is 60.2 Å². The maximum absolute atomic E-state index is 5.45. The molecule has 1 fully saturated rings. The molecule has 29 heavy (non-hydrogen) atoms. The smallest absolute Gasteiger partial charge is 0.170 e. The zero-order valence-electron chi connectivity index (χ0n) is 17.6. The highest BCUT2D eigenvalue weighted by Crippen LogP contribution is 2.23. The topological polar surface area (TPSA) is 27.3 Å². The summed E-state index contributed by atoms with van der Waals surface area (Å²) in [5.41, 5.74) is 2.35. The molecule has 0 saturated carbocycles. The first-order valence-corrected chi connectivity index (χ1v) is 12.0. The van der Waals surface area contributed by atoms with Crippen molar-refractivity contribution in [1.29, 1.82) is 0 Å². The van der Waals surface area contributed by atoms with Gasteiger partial charge in [0.2, 0.25) is 0 Å². The number of thioether (sulfide) groups is 1. The largest absolute Gasteiger partial charge is 0.362 e. The minimum Gasteiger partial charge on any atom is -0.362 e. The standard InChI is InChI=1S/C24H33N3S2/c1-19-15-20(2)17-27(16-19)14-6-13-25-24(28)26-22-11-9-21(10-12-22)18-29-23-7-4-3-5-8-23/h3-5,7-12,19-20H,6,13-18H2,1-2H3,(H2,25,26,28). The maximum Gasteiger partial charge on any atom is 0.170 e. The molecule has 2 aromatic carbocycles. The van der Waals surface area contributed by atoms with Crippen LogP contribution in [0.15, 0.2) is 59.5 Å². The highest BCUT2D eigenvalue weighted by Gasteiger charge is 2.20. The molecule has 1 aliphatic rings. The zero-order valence-corrected chi connectivity index (χ0v) is 19.2. The lowest BCUT2D eigenvalue weighted by molar-refractivity contribution is 0.140. The van der Waals surface area contributed by atoms with E-state index in [2.05, 4.69) is 84.0 Å². The van der Waals surface area contributed by atoms with Crippen LogP contribution in [0.3, 0.4) is 0 Å². The van der Waals surface area contributed by atoms with Gasteiger partial charge in [0.05, 0.1) is 0 Å². The zero-order chi connectivity index (χ0) is 20.5. The Bertz CT molecular complexity index is 738. The lowest BCUT2D eigenvalue weighted by Crippen LogP contribution is -2.40. The molecule has 5 heteroatoms. The van der Waals surface area contributed by atoms with Crippen LogP contribution < -0.4 is 10.6 Å². The average Bonchev–Trinajstić information content (AvgIpc) is 2.71. The Hall–Kier alpha value is -1.56. The molecular weight excluding hydrogens is 394 g/mol. The third-order valence-electron chi connectivity index (χ3n) is 5.24. The molecule has 2 aromatic rings. The molecule has 3 rings (SSSR count). The van der Waals surface area contributed by atoms with Crippen LogP contribution >= 0.6 is 24.0 Å². The SMILES string of the molecule is CC1CC(C)CN(CCCNC(=S)Nc2ccc(CSc3ccccc3)cc2)C1. The van der Waals surface area contributed by atoms with Crippen LogP contribution in [0.5, 0.6) is 0 Å². The van der Waals surface area contributed by atoms with E-state index in [1.54, 1.807) is 0 Å². The second-order valence-corrected chi connectivity index (χ2v) is 9.70. The number of likely N-dealkylation sites (tertiary alicyclic amines) is 1.